The van der Waals surface area contributed by atoms with Crippen molar-refractivity contribution < 1.29 is 9.59 Å². The molecule has 0 unspecified atom stereocenters. The quantitative estimate of drug-likeness (QED) is 0.611. The molecule has 0 aliphatic rings. The number of carbonyl (C=O) groups is 2. The summed E-state index contributed by atoms with van der Waals surface area (Å²) < 4.78 is 0. The van der Waals surface area contributed by atoms with Crippen LogP contribution < -0.4 is 11.1 Å². The van der Waals surface area contributed by atoms with Crippen molar-refractivity contribution in [3.8, 4) is 0 Å². The van der Waals surface area contributed by atoms with E-state index < -0.39 is 6.04 Å². The number of nitrogens with zero attached hydrogens (tertiary/aromatic N) is 2. The fourth-order valence-electron chi connectivity index (χ4n) is 2.31. The second kappa shape index (κ2) is 12.3. The van der Waals surface area contributed by atoms with Crippen LogP contribution in [0.3, 0.4) is 0 Å². The molecule has 0 aliphatic heterocycles. The van der Waals surface area contributed by atoms with E-state index in [1.165, 1.54) is 0 Å². The standard InChI is InChI=1S/C18H25N5O2.2ClH/c1-13(2)17(19)18(25)20-10-16(24)23(12-15-8-9-21-22-15)11-14-6-4-3-5-7-14;;/h3-9,13,17H,10-12,19H2,1-2H3,(H,20,25)(H,21,22);2*1H/t17-;;/m0../s1. The summed E-state index contributed by atoms with van der Waals surface area (Å²) in [7, 11) is 0. The van der Waals surface area contributed by atoms with Crippen LogP contribution >= 0.6 is 24.8 Å². The van der Waals surface area contributed by atoms with E-state index in [0.29, 0.717) is 13.1 Å². The first-order chi connectivity index (χ1) is 12.0. The van der Waals surface area contributed by atoms with Gasteiger partial charge in [0.2, 0.25) is 11.8 Å². The molecule has 0 spiro atoms. The number of hydrogen-bond acceptors (Lipinski definition) is 4. The van der Waals surface area contributed by atoms with Crippen molar-refractivity contribution in [1.29, 1.82) is 0 Å². The van der Waals surface area contributed by atoms with Crippen LogP contribution in [0.1, 0.15) is 25.1 Å². The molecule has 0 aliphatic carbocycles. The minimum Gasteiger partial charge on any atom is -0.346 e. The number of hydrogen-bond donors (Lipinski definition) is 3. The minimum absolute atomic E-state index is 0. The Morgan fingerprint density at radius 3 is 2.37 bits per heavy atom. The Labute approximate surface area is 171 Å². The largest absolute Gasteiger partial charge is 0.346 e. The van der Waals surface area contributed by atoms with Gasteiger partial charge < -0.3 is 16.0 Å². The molecule has 0 saturated heterocycles. The first kappa shape index (κ1) is 24.9. The molecule has 1 atom stereocenters. The highest BCUT2D eigenvalue weighted by Gasteiger charge is 2.20. The highest BCUT2D eigenvalue weighted by molar-refractivity contribution is 5.87. The maximum atomic E-state index is 12.6. The van der Waals surface area contributed by atoms with Crippen molar-refractivity contribution in [2.45, 2.75) is 33.0 Å². The second-order valence-electron chi connectivity index (χ2n) is 6.30. The molecule has 0 bridgehead atoms. The van der Waals surface area contributed by atoms with E-state index in [1.807, 2.05) is 50.2 Å². The molecule has 1 aromatic heterocycles. The van der Waals surface area contributed by atoms with Crippen molar-refractivity contribution in [1.82, 2.24) is 20.4 Å². The molecule has 7 nitrogen and oxygen atoms in total. The molecular weight excluding hydrogens is 389 g/mol. The monoisotopic (exact) mass is 415 g/mol. The molecule has 4 N–H and O–H groups in total. The Hall–Kier alpha value is -2.09. The molecule has 1 heterocycles. The average molecular weight is 416 g/mol. The molecule has 27 heavy (non-hydrogen) atoms. The van der Waals surface area contributed by atoms with Gasteiger partial charge in [0.25, 0.3) is 0 Å². The number of benzene rings is 1. The number of halogens is 2. The molecule has 9 heteroatoms. The molecule has 2 aromatic rings. The lowest BCUT2D eigenvalue weighted by Crippen LogP contribution is -2.47. The first-order valence-corrected chi connectivity index (χ1v) is 8.30. The Bertz CT molecular complexity index is 680. The third kappa shape index (κ3) is 7.99. The normalized spacial score (nSPS) is 11.1. The van der Waals surface area contributed by atoms with Crippen LogP contribution in [-0.4, -0.2) is 39.5 Å². The summed E-state index contributed by atoms with van der Waals surface area (Å²) in [5, 5.41) is 9.39. The molecular formula is C18H27Cl2N5O2. The molecule has 0 fully saturated rings. The Kier molecular flexibility index (Phi) is 11.4. The number of aromatic amines is 1. The van der Waals surface area contributed by atoms with Gasteiger partial charge in [-0.3, -0.25) is 14.7 Å². The van der Waals surface area contributed by atoms with Crippen LogP contribution in [-0.2, 0) is 22.7 Å². The van der Waals surface area contributed by atoms with E-state index in [-0.39, 0.29) is 49.1 Å². The predicted octanol–water partition coefficient (Wildman–Crippen LogP) is 1.88. The summed E-state index contributed by atoms with van der Waals surface area (Å²) in [4.78, 5) is 26.2. The molecule has 2 amide bonds. The summed E-state index contributed by atoms with van der Waals surface area (Å²) in [6.45, 7) is 4.49. The Morgan fingerprint density at radius 1 is 1.15 bits per heavy atom. The van der Waals surface area contributed by atoms with Crippen LogP contribution in [0.5, 0.6) is 0 Å². The van der Waals surface area contributed by atoms with Crippen LogP contribution in [0.15, 0.2) is 42.6 Å². The number of H-pyrrole nitrogens is 1. The van der Waals surface area contributed by atoms with Gasteiger partial charge in [0, 0.05) is 12.7 Å². The van der Waals surface area contributed by atoms with Crippen LogP contribution in [0, 0.1) is 5.92 Å². The lowest BCUT2D eigenvalue weighted by Gasteiger charge is -2.23. The van der Waals surface area contributed by atoms with Crippen molar-refractivity contribution in [3.63, 3.8) is 0 Å². The van der Waals surface area contributed by atoms with E-state index in [0.717, 1.165) is 11.3 Å². The maximum absolute atomic E-state index is 12.6. The zero-order valence-corrected chi connectivity index (χ0v) is 17.1. The third-order valence-corrected chi connectivity index (χ3v) is 3.92. The van der Waals surface area contributed by atoms with Gasteiger partial charge in [-0.2, -0.15) is 5.10 Å². The molecule has 0 saturated carbocycles. The third-order valence-electron chi connectivity index (χ3n) is 3.92. The van der Waals surface area contributed by atoms with Crippen LogP contribution in [0.4, 0.5) is 0 Å². The molecule has 150 valence electrons. The lowest BCUT2D eigenvalue weighted by atomic mass is 10.1. The fourth-order valence-corrected chi connectivity index (χ4v) is 2.31. The average Bonchev–Trinajstić information content (AvgIpc) is 3.12. The Balaban J connectivity index is 0.00000338. The molecule has 0 radical (unpaired) electrons. The van der Waals surface area contributed by atoms with Crippen molar-refractivity contribution in [2.75, 3.05) is 6.54 Å². The zero-order valence-electron chi connectivity index (χ0n) is 15.4. The highest BCUT2D eigenvalue weighted by atomic mass is 35.5. The van der Waals surface area contributed by atoms with Crippen molar-refractivity contribution >= 4 is 36.6 Å². The van der Waals surface area contributed by atoms with E-state index in [1.54, 1.807) is 11.1 Å². The summed E-state index contributed by atoms with van der Waals surface area (Å²) in [6, 6.07) is 10.9. The zero-order chi connectivity index (χ0) is 18.2. The number of nitrogens with two attached hydrogens (primary N) is 1. The summed E-state index contributed by atoms with van der Waals surface area (Å²) >= 11 is 0. The van der Waals surface area contributed by atoms with Crippen LogP contribution in [0.2, 0.25) is 0 Å². The first-order valence-electron chi connectivity index (χ1n) is 8.30. The summed E-state index contributed by atoms with van der Waals surface area (Å²) in [5.41, 5.74) is 7.65. The smallest absolute Gasteiger partial charge is 0.242 e. The van der Waals surface area contributed by atoms with E-state index in [4.69, 9.17) is 5.73 Å². The number of rotatable bonds is 8. The predicted molar refractivity (Wildman–Crippen MR) is 110 cm³/mol. The lowest BCUT2D eigenvalue weighted by molar-refractivity contribution is -0.134. The van der Waals surface area contributed by atoms with E-state index >= 15 is 0 Å². The SMILES string of the molecule is CC(C)[C@H](N)C(=O)NCC(=O)N(Cc1ccccc1)Cc1ccn[nH]1.Cl.Cl. The maximum Gasteiger partial charge on any atom is 0.242 e. The molecule has 2 rings (SSSR count). The van der Waals surface area contributed by atoms with Gasteiger partial charge in [0.15, 0.2) is 0 Å². The van der Waals surface area contributed by atoms with E-state index in [2.05, 4.69) is 15.5 Å². The van der Waals surface area contributed by atoms with Gasteiger partial charge in [-0.1, -0.05) is 44.2 Å². The minimum atomic E-state index is -0.622. The number of aromatic nitrogens is 2. The highest BCUT2D eigenvalue weighted by Crippen LogP contribution is 2.09. The van der Waals surface area contributed by atoms with Crippen molar-refractivity contribution in [2.24, 2.45) is 11.7 Å². The fraction of sp³-hybridized carbons (Fsp3) is 0.389. The van der Waals surface area contributed by atoms with Crippen molar-refractivity contribution in [3.05, 3.63) is 53.9 Å². The van der Waals surface area contributed by atoms with Crippen LogP contribution in [0.25, 0.3) is 0 Å². The van der Waals surface area contributed by atoms with Gasteiger partial charge in [0.1, 0.15) is 0 Å². The van der Waals surface area contributed by atoms with Gasteiger partial charge in [-0.25, -0.2) is 0 Å². The molecule has 1 aromatic carbocycles. The van der Waals surface area contributed by atoms with Gasteiger partial charge in [-0.05, 0) is 17.5 Å². The van der Waals surface area contributed by atoms with Gasteiger partial charge in [-0.15, -0.1) is 24.8 Å². The number of carbonyl (C=O) groups excluding carboxylic acids is 2. The summed E-state index contributed by atoms with van der Waals surface area (Å²) in [6.07, 6.45) is 1.64. The number of amides is 2. The number of nitrogens with one attached hydrogen (secondary N) is 2. The Morgan fingerprint density at radius 2 is 1.81 bits per heavy atom. The van der Waals surface area contributed by atoms with Gasteiger partial charge >= 0.3 is 0 Å². The second-order valence-corrected chi connectivity index (χ2v) is 6.30. The van der Waals surface area contributed by atoms with E-state index in [9.17, 15) is 9.59 Å². The summed E-state index contributed by atoms with van der Waals surface area (Å²) in [5.74, 6) is -0.479. The van der Waals surface area contributed by atoms with Gasteiger partial charge in [0.05, 0.1) is 24.8 Å². The topological polar surface area (TPSA) is 104 Å².